The second kappa shape index (κ2) is 8.61. The number of hydrogen-bond acceptors (Lipinski definition) is 7. The maximum atomic E-state index is 10.8. The van der Waals surface area contributed by atoms with Gasteiger partial charge in [-0.1, -0.05) is 24.3 Å². The number of carbonyl (C=O) groups is 1. The molecule has 0 aliphatic carbocycles. The molecule has 4 heterocycles. The van der Waals surface area contributed by atoms with E-state index in [1.165, 1.54) is 0 Å². The minimum atomic E-state index is 0.339. The summed E-state index contributed by atoms with van der Waals surface area (Å²) in [5, 5.41) is 12.1. The highest BCUT2D eigenvalue weighted by atomic mass is 16.5. The van der Waals surface area contributed by atoms with Gasteiger partial charge in [-0.15, -0.1) is 10.2 Å². The van der Waals surface area contributed by atoms with Crippen LogP contribution in [-0.2, 0) is 11.2 Å². The first-order valence-electron chi connectivity index (χ1n) is 10.3. The molecule has 8 heteroatoms. The average molecular weight is 414 g/mol. The number of aromatic nitrogens is 5. The third-order valence-electron chi connectivity index (χ3n) is 5.46. The first-order chi connectivity index (χ1) is 15.3. The van der Waals surface area contributed by atoms with Crippen molar-refractivity contribution in [1.82, 2.24) is 24.6 Å². The molecular formula is C23H22N6O2. The molecule has 1 saturated heterocycles. The van der Waals surface area contributed by atoms with Crippen molar-refractivity contribution >= 4 is 17.9 Å². The van der Waals surface area contributed by atoms with Crippen LogP contribution in [0.2, 0.25) is 0 Å². The third-order valence-corrected chi connectivity index (χ3v) is 5.46. The third kappa shape index (κ3) is 4.29. The van der Waals surface area contributed by atoms with Crippen molar-refractivity contribution in [3.8, 4) is 11.3 Å². The van der Waals surface area contributed by atoms with E-state index in [-0.39, 0.29) is 0 Å². The number of aldehydes is 1. The smallest absolute Gasteiger partial charge is 0.223 e. The zero-order chi connectivity index (χ0) is 21.0. The minimum Gasteiger partial charge on any atom is -0.381 e. The fourth-order valence-electron chi connectivity index (χ4n) is 3.73. The predicted molar refractivity (Wildman–Crippen MR) is 116 cm³/mol. The molecule has 5 rings (SSSR count). The Balaban J connectivity index is 1.36. The second-order valence-electron chi connectivity index (χ2n) is 7.59. The highest BCUT2D eigenvalue weighted by molar-refractivity contribution is 5.74. The molecule has 1 fully saturated rings. The molecule has 0 saturated carbocycles. The fraction of sp³-hybridized carbons (Fsp3) is 0.261. The van der Waals surface area contributed by atoms with Crippen molar-refractivity contribution in [3.63, 3.8) is 0 Å². The van der Waals surface area contributed by atoms with E-state index in [2.05, 4.69) is 25.5 Å². The van der Waals surface area contributed by atoms with Gasteiger partial charge in [0.25, 0.3) is 0 Å². The summed E-state index contributed by atoms with van der Waals surface area (Å²) in [6.45, 7) is 1.54. The molecule has 8 nitrogen and oxygen atoms in total. The number of benzene rings is 1. The lowest BCUT2D eigenvalue weighted by Crippen LogP contribution is -2.28. The summed E-state index contributed by atoms with van der Waals surface area (Å²) in [5.41, 5.74) is 4.29. The van der Waals surface area contributed by atoms with Crippen LogP contribution in [0.4, 0.5) is 5.95 Å². The Kier molecular flexibility index (Phi) is 5.37. The molecule has 0 unspecified atom stereocenters. The summed E-state index contributed by atoms with van der Waals surface area (Å²) >= 11 is 0. The summed E-state index contributed by atoms with van der Waals surface area (Å²) in [6.07, 6.45) is 7.13. The monoisotopic (exact) mass is 414 g/mol. The van der Waals surface area contributed by atoms with Crippen LogP contribution >= 0.6 is 0 Å². The average Bonchev–Trinajstić information content (AvgIpc) is 3.22. The number of ether oxygens (including phenoxy) is 1. The Morgan fingerprint density at radius 1 is 1.10 bits per heavy atom. The summed E-state index contributed by atoms with van der Waals surface area (Å²) in [4.78, 5) is 19.9. The van der Waals surface area contributed by atoms with Gasteiger partial charge in [0.15, 0.2) is 5.65 Å². The number of rotatable bonds is 6. The van der Waals surface area contributed by atoms with Gasteiger partial charge in [0.1, 0.15) is 12.1 Å². The number of hydrogen-bond donors (Lipinski definition) is 1. The van der Waals surface area contributed by atoms with Gasteiger partial charge in [0.2, 0.25) is 5.95 Å². The lowest BCUT2D eigenvalue weighted by Gasteiger charge is -2.23. The van der Waals surface area contributed by atoms with Gasteiger partial charge in [0, 0.05) is 49.2 Å². The van der Waals surface area contributed by atoms with Crippen LogP contribution in [0.25, 0.3) is 16.9 Å². The molecule has 0 bridgehead atoms. The maximum absolute atomic E-state index is 10.8. The van der Waals surface area contributed by atoms with E-state index >= 15 is 0 Å². The van der Waals surface area contributed by atoms with Crippen molar-refractivity contribution in [2.24, 2.45) is 0 Å². The number of pyridine rings is 1. The summed E-state index contributed by atoms with van der Waals surface area (Å²) < 4.78 is 7.38. The van der Waals surface area contributed by atoms with Crippen molar-refractivity contribution in [2.75, 3.05) is 18.5 Å². The van der Waals surface area contributed by atoms with Crippen LogP contribution in [0.5, 0.6) is 0 Å². The van der Waals surface area contributed by atoms with E-state index in [4.69, 9.17) is 4.74 Å². The minimum absolute atomic E-state index is 0.339. The lowest BCUT2D eigenvalue weighted by molar-refractivity contribution is 0.0903. The quantitative estimate of drug-likeness (QED) is 0.484. The first-order valence-corrected chi connectivity index (χ1v) is 10.3. The van der Waals surface area contributed by atoms with E-state index in [0.717, 1.165) is 60.6 Å². The van der Waals surface area contributed by atoms with Crippen molar-refractivity contribution in [1.29, 1.82) is 0 Å². The standard InChI is InChI=1S/C23H22N6O2/c30-15-17-3-1-16(2-4-17)13-21-27-28-22-14-18(6-10-29(21)22)20-5-9-24-23(26-20)25-19-7-11-31-12-8-19/h1-6,9-10,14-15,19H,7-8,11-13H2,(H,24,25,26). The van der Waals surface area contributed by atoms with E-state index in [1.807, 2.05) is 53.1 Å². The lowest BCUT2D eigenvalue weighted by atomic mass is 10.1. The SMILES string of the molecule is O=Cc1ccc(Cc2nnc3cc(-c4ccnc(NC5CCOCC5)n4)ccn23)cc1. The van der Waals surface area contributed by atoms with Crippen molar-refractivity contribution < 1.29 is 9.53 Å². The molecule has 3 aromatic heterocycles. The van der Waals surface area contributed by atoms with Gasteiger partial charge in [0.05, 0.1) is 5.69 Å². The molecule has 4 aromatic rings. The highest BCUT2D eigenvalue weighted by Crippen LogP contribution is 2.21. The molecule has 1 N–H and O–H groups in total. The Bertz CT molecular complexity index is 1200. The predicted octanol–water partition coefficient (Wildman–Crippen LogP) is 3.18. The number of nitrogens with zero attached hydrogens (tertiary/aromatic N) is 5. The molecule has 1 aliphatic heterocycles. The second-order valence-corrected chi connectivity index (χ2v) is 7.59. The fourth-order valence-corrected chi connectivity index (χ4v) is 3.73. The van der Waals surface area contributed by atoms with Crippen molar-refractivity contribution in [3.05, 3.63) is 71.8 Å². The zero-order valence-corrected chi connectivity index (χ0v) is 16.9. The number of fused-ring (bicyclic) bond motifs is 1. The molecule has 0 spiro atoms. The Morgan fingerprint density at radius 2 is 1.94 bits per heavy atom. The van der Waals surface area contributed by atoms with E-state index < -0.39 is 0 Å². The van der Waals surface area contributed by atoms with Gasteiger partial charge in [-0.05, 0) is 36.6 Å². The number of nitrogens with one attached hydrogen (secondary N) is 1. The molecule has 31 heavy (non-hydrogen) atoms. The number of carbonyl (C=O) groups excluding carboxylic acids is 1. The Labute approximate surface area is 179 Å². The van der Waals surface area contributed by atoms with Gasteiger partial charge in [-0.25, -0.2) is 9.97 Å². The van der Waals surface area contributed by atoms with E-state index in [0.29, 0.717) is 24.0 Å². The Hall–Kier alpha value is -3.65. The molecule has 1 aromatic carbocycles. The molecule has 1 aliphatic rings. The zero-order valence-electron chi connectivity index (χ0n) is 16.9. The van der Waals surface area contributed by atoms with Crippen LogP contribution in [0, 0.1) is 0 Å². The highest BCUT2D eigenvalue weighted by Gasteiger charge is 2.15. The molecule has 0 radical (unpaired) electrons. The van der Waals surface area contributed by atoms with Crippen LogP contribution < -0.4 is 5.32 Å². The summed E-state index contributed by atoms with van der Waals surface area (Å²) in [7, 11) is 0. The maximum Gasteiger partial charge on any atom is 0.223 e. The van der Waals surface area contributed by atoms with Gasteiger partial charge < -0.3 is 10.1 Å². The summed E-state index contributed by atoms with van der Waals surface area (Å²) in [5.74, 6) is 1.47. The van der Waals surface area contributed by atoms with Crippen LogP contribution in [-0.4, -0.2) is 50.1 Å². The van der Waals surface area contributed by atoms with Gasteiger partial charge in [-0.3, -0.25) is 9.20 Å². The molecule has 156 valence electrons. The van der Waals surface area contributed by atoms with Crippen LogP contribution in [0.1, 0.15) is 34.6 Å². The first kappa shape index (κ1) is 19.3. The number of anilines is 1. The van der Waals surface area contributed by atoms with Crippen LogP contribution in [0.15, 0.2) is 54.9 Å². The van der Waals surface area contributed by atoms with Crippen molar-refractivity contribution in [2.45, 2.75) is 25.3 Å². The van der Waals surface area contributed by atoms with Crippen LogP contribution in [0.3, 0.4) is 0 Å². The molecular weight excluding hydrogens is 392 g/mol. The van der Waals surface area contributed by atoms with E-state index in [1.54, 1.807) is 6.20 Å². The summed E-state index contributed by atoms with van der Waals surface area (Å²) in [6, 6.07) is 13.7. The normalized spacial score (nSPS) is 14.6. The molecule has 0 amide bonds. The Morgan fingerprint density at radius 3 is 2.74 bits per heavy atom. The topological polar surface area (TPSA) is 94.3 Å². The van der Waals surface area contributed by atoms with Gasteiger partial charge in [-0.2, -0.15) is 0 Å². The molecule has 0 atom stereocenters. The van der Waals surface area contributed by atoms with E-state index in [9.17, 15) is 4.79 Å². The largest absolute Gasteiger partial charge is 0.381 e. The van der Waals surface area contributed by atoms with Gasteiger partial charge >= 0.3 is 0 Å².